The second kappa shape index (κ2) is 8.29. The van der Waals surface area contributed by atoms with Crippen LogP contribution < -0.4 is 4.90 Å². The zero-order chi connectivity index (χ0) is 21.4. The molecule has 7 heteroatoms. The zero-order valence-corrected chi connectivity index (χ0v) is 17.8. The first-order valence-corrected chi connectivity index (χ1v) is 11.2. The number of piperidine rings is 1. The third-order valence-corrected chi connectivity index (χ3v) is 6.33. The van der Waals surface area contributed by atoms with E-state index in [2.05, 4.69) is 4.90 Å². The normalized spacial score (nSPS) is 18.8. The topological polar surface area (TPSA) is 59.7 Å². The summed E-state index contributed by atoms with van der Waals surface area (Å²) in [4.78, 5) is 19.7. The Balaban J connectivity index is 1.60. The van der Waals surface area contributed by atoms with Crippen molar-refractivity contribution >= 4 is 17.4 Å². The summed E-state index contributed by atoms with van der Waals surface area (Å²) in [6.45, 7) is 3.77. The van der Waals surface area contributed by atoms with Gasteiger partial charge >= 0.3 is 5.97 Å². The maximum absolute atomic E-state index is 13.4. The van der Waals surface area contributed by atoms with Crippen LogP contribution in [0.1, 0.15) is 43.9 Å². The number of ether oxygens (including phenoxy) is 1. The van der Waals surface area contributed by atoms with Gasteiger partial charge in [0.25, 0.3) is 0 Å². The number of rotatable bonds is 4. The molecular weight excluding hydrogens is 395 g/mol. The predicted octanol–water partition coefficient (Wildman–Crippen LogP) is 4.19. The summed E-state index contributed by atoms with van der Waals surface area (Å²) >= 11 is 0. The van der Waals surface area contributed by atoms with E-state index in [-0.39, 0.29) is 17.7 Å². The van der Waals surface area contributed by atoms with Crippen molar-refractivity contribution in [1.29, 1.82) is 0 Å². The van der Waals surface area contributed by atoms with Crippen LogP contribution in [0.15, 0.2) is 30.3 Å². The van der Waals surface area contributed by atoms with Gasteiger partial charge < -0.3 is 9.64 Å². The first-order valence-electron chi connectivity index (χ1n) is 11.2. The highest BCUT2D eigenvalue weighted by Crippen LogP contribution is 2.34. The number of carbonyl (C=O) groups excluding carboxylic acids is 1. The molecule has 0 saturated carbocycles. The molecule has 1 aromatic carbocycles. The summed E-state index contributed by atoms with van der Waals surface area (Å²) in [5, 5.41) is 4.88. The van der Waals surface area contributed by atoms with E-state index >= 15 is 0 Å². The standard InChI is InChI=1S/C24H27FN4O2/c1-2-31-24(30)17-6-5-13-28(15-17)23-19-7-3-4-8-20(19)26-22-14-21(27-29(22)23)16-9-11-18(25)12-10-16/h9-12,14,17H,2-8,13,15H2,1H3/t17-/m1/s1. The Kier molecular flexibility index (Phi) is 5.34. The summed E-state index contributed by atoms with van der Waals surface area (Å²) in [5.74, 6) is 0.560. The molecule has 6 nitrogen and oxygen atoms in total. The molecule has 0 amide bonds. The van der Waals surface area contributed by atoms with Gasteiger partial charge in [-0.25, -0.2) is 9.37 Å². The van der Waals surface area contributed by atoms with Crippen LogP contribution in [0.3, 0.4) is 0 Å². The summed E-state index contributed by atoms with van der Waals surface area (Å²) in [5.41, 5.74) is 4.82. The molecule has 3 aromatic rings. The number of nitrogens with zero attached hydrogens (tertiary/aromatic N) is 4. The van der Waals surface area contributed by atoms with Crippen LogP contribution in [0.2, 0.25) is 0 Å². The number of anilines is 1. The Morgan fingerprint density at radius 3 is 2.81 bits per heavy atom. The minimum Gasteiger partial charge on any atom is -0.466 e. The minimum atomic E-state index is -0.264. The molecule has 1 aliphatic heterocycles. The van der Waals surface area contributed by atoms with E-state index in [1.54, 1.807) is 12.1 Å². The fourth-order valence-electron chi connectivity index (χ4n) is 4.84. The lowest BCUT2D eigenvalue weighted by molar-refractivity contribution is -0.148. The lowest BCUT2D eigenvalue weighted by Gasteiger charge is -2.35. The number of aromatic nitrogens is 3. The second-order valence-electron chi connectivity index (χ2n) is 8.41. The zero-order valence-electron chi connectivity index (χ0n) is 17.8. The number of benzene rings is 1. The number of aryl methyl sites for hydroxylation is 1. The Labute approximate surface area is 181 Å². The van der Waals surface area contributed by atoms with Crippen molar-refractivity contribution in [3.8, 4) is 11.3 Å². The molecule has 1 aliphatic carbocycles. The molecule has 0 N–H and O–H groups in total. The third kappa shape index (κ3) is 3.77. The van der Waals surface area contributed by atoms with Crippen molar-refractivity contribution in [2.45, 2.75) is 45.4 Å². The maximum atomic E-state index is 13.4. The van der Waals surface area contributed by atoms with Crippen LogP contribution in [-0.4, -0.2) is 40.3 Å². The lowest BCUT2D eigenvalue weighted by atomic mass is 9.94. The van der Waals surface area contributed by atoms with Crippen molar-refractivity contribution in [3.63, 3.8) is 0 Å². The Bertz CT molecular complexity index is 1110. The van der Waals surface area contributed by atoms with E-state index in [4.69, 9.17) is 14.8 Å². The Morgan fingerprint density at radius 2 is 2.00 bits per heavy atom. The largest absolute Gasteiger partial charge is 0.466 e. The van der Waals surface area contributed by atoms with E-state index in [0.29, 0.717) is 13.2 Å². The fourth-order valence-corrected chi connectivity index (χ4v) is 4.84. The highest BCUT2D eigenvalue weighted by molar-refractivity contribution is 5.74. The smallest absolute Gasteiger partial charge is 0.310 e. The minimum absolute atomic E-state index is 0.112. The van der Waals surface area contributed by atoms with Crippen LogP contribution in [0.5, 0.6) is 0 Å². The van der Waals surface area contributed by atoms with E-state index in [1.807, 2.05) is 17.5 Å². The summed E-state index contributed by atoms with van der Waals surface area (Å²) < 4.78 is 20.6. The molecule has 1 saturated heterocycles. The monoisotopic (exact) mass is 422 g/mol. The Hall–Kier alpha value is -2.96. The highest BCUT2D eigenvalue weighted by Gasteiger charge is 2.31. The lowest BCUT2D eigenvalue weighted by Crippen LogP contribution is -2.41. The first kappa shape index (κ1) is 20.0. The van der Waals surface area contributed by atoms with Gasteiger partial charge in [-0.15, -0.1) is 0 Å². The van der Waals surface area contributed by atoms with Gasteiger partial charge in [-0.3, -0.25) is 4.79 Å². The van der Waals surface area contributed by atoms with Gasteiger partial charge in [-0.2, -0.15) is 9.61 Å². The van der Waals surface area contributed by atoms with Gasteiger partial charge in [-0.05, 0) is 69.7 Å². The molecule has 0 radical (unpaired) electrons. The maximum Gasteiger partial charge on any atom is 0.310 e. The van der Waals surface area contributed by atoms with Gasteiger partial charge in [0.2, 0.25) is 0 Å². The summed E-state index contributed by atoms with van der Waals surface area (Å²) in [6, 6.07) is 8.36. The van der Waals surface area contributed by atoms with Crippen molar-refractivity contribution in [3.05, 3.63) is 47.4 Å². The van der Waals surface area contributed by atoms with E-state index in [1.165, 1.54) is 17.7 Å². The van der Waals surface area contributed by atoms with Gasteiger partial charge in [0, 0.05) is 36.0 Å². The fraction of sp³-hybridized carbons (Fsp3) is 0.458. The summed E-state index contributed by atoms with van der Waals surface area (Å²) in [7, 11) is 0. The molecule has 31 heavy (non-hydrogen) atoms. The third-order valence-electron chi connectivity index (χ3n) is 6.33. The summed E-state index contributed by atoms with van der Waals surface area (Å²) in [6.07, 6.45) is 6.00. The SMILES string of the molecule is CCOC(=O)[C@@H]1CCCN(c2c3c(nc4cc(-c5ccc(F)cc5)nn24)CCCC3)C1. The molecule has 0 bridgehead atoms. The van der Waals surface area contributed by atoms with Crippen molar-refractivity contribution in [2.24, 2.45) is 5.92 Å². The van der Waals surface area contributed by atoms with Gasteiger partial charge in [0.05, 0.1) is 18.2 Å². The second-order valence-corrected chi connectivity index (χ2v) is 8.41. The van der Waals surface area contributed by atoms with Gasteiger partial charge in [-0.1, -0.05) is 0 Å². The predicted molar refractivity (Wildman–Crippen MR) is 117 cm³/mol. The van der Waals surface area contributed by atoms with Crippen LogP contribution in [0.25, 0.3) is 16.9 Å². The average Bonchev–Trinajstić information content (AvgIpc) is 3.21. The number of halogens is 1. The number of esters is 1. The van der Waals surface area contributed by atoms with Crippen molar-refractivity contribution in [2.75, 3.05) is 24.6 Å². The van der Waals surface area contributed by atoms with Crippen molar-refractivity contribution in [1.82, 2.24) is 14.6 Å². The first-order chi connectivity index (χ1) is 15.1. The molecule has 162 valence electrons. The molecule has 0 unspecified atom stereocenters. The highest BCUT2D eigenvalue weighted by atomic mass is 19.1. The van der Waals surface area contributed by atoms with E-state index in [9.17, 15) is 9.18 Å². The van der Waals surface area contributed by atoms with Crippen LogP contribution >= 0.6 is 0 Å². The molecule has 0 spiro atoms. The number of hydrogen-bond donors (Lipinski definition) is 0. The van der Waals surface area contributed by atoms with Crippen LogP contribution in [-0.2, 0) is 22.4 Å². The van der Waals surface area contributed by atoms with Crippen LogP contribution in [0.4, 0.5) is 10.2 Å². The average molecular weight is 423 g/mol. The molecule has 3 heterocycles. The van der Waals surface area contributed by atoms with Gasteiger partial charge in [0.1, 0.15) is 11.6 Å². The molecule has 2 aromatic heterocycles. The van der Waals surface area contributed by atoms with E-state index in [0.717, 1.165) is 73.5 Å². The van der Waals surface area contributed by atoms with Gasteiger partial charge in [0.15, 0.2) is 5.65 Å². The molecule has 2 aliphatic rings. The van der Waals surface area contributed by atoms with Crippen molar-refractivity contribution < 1.29 is 13.9 Å². The molecule has 1 atom stereocenters. The molecular formula is C24H27FN4O2. The van der Waals surface area contributed by atoms with E-state index < -0.39 is 0 Å². The quantitative estimate of drug-likeness (QED) is 0.590. The Morgan fingerprint density at radius 1 is 1.19 bits per heavy atom. The number of fused-ring (bicyclic) bond motifs is 2. The number of carbonyl (C=O) groups is 1. The van der Waals surface area contributed by atoms with Crippen LogP contribution in [0, 0.1) is 11.7 Å². The number of hydrogen-bond acceptors (Lipinski definition) is 5. The molecule has 1 fully saturated rings. The molecule has 5 rings (SSSR count).